The maximum atomic E-state index is 13.0. The first-order valence-corrected chi connectivity index (χ1v) is 6.91. The minimum Gasteiger partial charge on any atom is -0.461 e. The van der Waals surface area contributed by atoms with E-state index in [4.69, 9.17) is 20.5 Å². The fraction of sp³-hybridized carbons (Fsp3) is 0.0667. The van der Waals surface area contributed by atoms with Gasteiger partial charge in [0.25, 0.3) is 5.91 Å². The Bertz CT molecular complexity index is 872. The van der Waals surface area contributed by atoms with Crippen LogP contribution < -0.4 is 5.32 Å². The normalized spacial score (nSPS) is 11.5. The highest BCUT2D eigenvalue weighted by molar-refractivity contribution is 6.30. The zero-order chi connectivity index (χ0) is 17.3. The van der Waals surface area contributed by atoms with Crippen molar-refractivity contribution in [1.82, 2.24) is 5.16 Å². The van der Waals surface area contributed by atoms with Gasteiger partial charge in [-0.15, -0.1) is 0 Å². The second kappa shape index (κ2) is 6.04. The average Bonchev–Trinajstić information content (AvgIpc) is 3.18. The highest BCUT2D eigenvalue weighted by Gasteiger charge is 2.34. The van der Waals surface area contributed by atoms with E-state index in [1.54, 1.807) is 12.1 Å². The van der Waals surface area contributed by atoms with E-state index in [-0.39, 0.29) is 16.5 Å². The molecule has 1 amide bonds. The number of benzene rings is 1. The molecule has 0 aliphatic heterocycles. The molecule has 0 radical (unpaired) electrons. The van der Waals surface area contributed by atoms with Gasteiger partial charge in [-0.2, -0.15) is 13.2 Å². The third-order valence-corrected chi connectivity index (χ3v) is 3.28. The number of nitrogens with one attached hydrogen (secondary N) is 1. The molecule has 5 nitrogen and oxygen atoms in total. The molecule has 24 heavy (non-hydrogen) atoms. The van der Waals surface area contributed by atoms with E-state index in [1.807, 2.05) is 0 Å². The molecule has 124 valence electrons. The highest BCUT2D eigenvalue weighted by atomic mass is 35.5. The predicted molar refractivity (Wildman–Crippen MR) is 78.6 cm³/mol. The molecule has 0 saturated heterocycles. The predicted octanol–water partition coefficient (Wildman–Crippen LogP) is 4.86. The van der Waals surface area contributed by atoms with Crippen molar-refractivity contribution >= 4 is 23.2 Å². The van der Waals surface area contributed by atoms with Crippen LogP contribution in [-0.4, -0.2) is 11.1 Å². The lowest BCUT2D eigenvalue weighted by atomic mass is 10.1. The van der Waals surface area contributed by atoms with Crippen LogP contribution in [0.25, 0.3) is 11.5 Å². The zero-order valence-electron chi connectivity index (χ0n) is 11.7. The highest BCUT2D eigenvalue weighted by Crippen LogP contribution is 2.36. The van der Waals surface area contributed by atoms with Crippen molar-refractivity contribution in [2.45, 2.75) is 6.18 Å². The number of anilines is 1. The SMILES string of the molecule is O=C(Nc1ccc(Cl)cc1C(F)(F)F)c1cc(-c2ccco2)on1. The fourth-order valence-electron chi connectivity index (χ4n) is 1.96. The van der Waals surface area contributed by atoms with Crippen LogP contribution in [0.3, 0.4) is 0 Å². The number of carbonyl (C=O) groups excluding carboxylic acids is 1. The summed E-state index contributed by atoms with van der Waals surface area (Å²) in [6.07, 6.45) is -3.27. The summed E-state index contributed by atoms with van der Waals surface area (Å²) < 4.78 is 49.1. The van der Waals surface area contributed by atoms with Crippen molar-refractivity contribution in [2.24, 2.45) is 0 Å². The first-order valence-electron chi connectivity index (χ1n) is 6.53. The van der Waals surface area contributed by atoms with Gasteiger partial charge in [0.05, 0.1) is 17.5 Å². The number of furan rings is 1. The number of halogens is 4. The van der Waals surface area contributed by atoms with Gasteiger partial charge in [0.15, 0.2) is 11.5 Å². The zero-order valence-corrected chi connectivity index (χ0v) is 12.5. The van der Waals surface area contributed by atoms with Gasteiger partial charge in [0.2, 0.25) is 5.76 Å². The van der Waals surface area contributed by atoms with E-state index >= 15 is 0 Å². The van der Waals surface area contributed by atoms with Gasteiger partial charge in [-0.25, -0.2) is 0 Å². The van der Waals surface area contributed by atoms with Crippen LogP contribution in [0.2, 0.25) is 5.02 Å². The molecule has 0 fully saturated rings. The molecule has 1 aromatic carbocycles. The molecule has 1 N–H and O–H groups in total. The van der Waals surface area contributed by atoms with Crippen molar-refractivity contribution in [3.8, 4) is 11.5 Å². The first-order chi connectivity index (χ1) is 11.3. The van der Waals surface area contributed by atoms with E-state index in [9.17, 15) is 18.0 Å². The Morgan fingerprint density at radius 1 is 1.17 bits per heavy atom. The van der Waals surface area contributed by atoms with Crippen LogP contribution in [0.4, 0.5) is 18.9 Å². The van der Waals surface area contributed by atoms with Gasteiger partial charge in [-0.05, 0) is 30.3 Å². The van der Waals surface area contributed by atoms with Gasteiger partial charge < -0.3 is 14.3 Å². The minimum atomic E-state index is -4.67. The lowest BCUT2D eigenvalue weighted by Crippen LogP contribution is -2.17. The number of nitrogens with zero attached hydrogens (tertiary/aromatic N) is 1. The Morgan fingerprint density at radius 2 is 1.96 bits per heavy atom. The average molecular weight is 357 g/mol. The molecule has 0 saturated carbocycles. The molecule has 9 heteroatoms. The molecule has 3 aromatic rings. The van der Waals surface area contributed by atoms with Crippen molar-refractivity contribution in [2.75, 3.05) is 5.32 Å². The van der Waals surface area contributed by atoms with Crippen molar-refractivity contribution in [3.63, 3.8) is 0 Å². The molecule has 3 rings (SSSR count). The van der Waals surface area contributed by atoms with E-state index in [0.29, 0.717) is 5.76 Å². The standard InChI is InChI=1S/C15H8ClF3N2O3/c16-8-3-4-10(9(6-8)15(17,18)19)20-14(22)11-7-13(24-21-11)12-2-1-5-23-12/h1-7H,(H,20,22). The Balaban J connectivity index is 1.86. The number of amides is 1. The summed E-state index contributed by atoms with van der Waals surface area (Å²) in [5.41, 5.74) is -1.68. The molecule has 2 heterocycles. The lowest BCUT2D eigenvalue weighted by Gasteiger charge is -2.13. The Labute approximate surface area is 138 Å². The van der Waals surface area contributed by atoms with Crippen LogP contribution in [0, 0.1) is 0 Å². The molecule has 0 atom stereocenters. The topological polar surface area (TPSA) is 68.3 Å². The Hall–Kier alpha value is -2.74. The molecule has 0 unspecified atom stereocenters. The minimum absolute atomic E-state index is 0.0955. The van der Waals surface area contributed by atoms with Crippen LogP contribution in [0.15, 0.2) is 51.6 Å². The van der Waals surface area contributed by atoms with Crippen molar-refractivity contribution in [1.29, 1.82) is 0 Å². The molecule has 2 aromatic heterocycles. The number of aromatic nitrogens is 1. The summed E-state index contributed by atoms with van der Waals surface area (Å²) >= 11 is 5.59. The second-order valence-electron chi connectivity index (χ2n) is 4.70. The summed E-state index contributed by atoms with van der Waals surface area (Å²) in [6, 6.07) is 7.50. The van der Waals surface area contributed by atoms with E-state index in [0.717, 1.165) is 12.1 Å². The molecular formula is C15H8ClF3N2O3. The van der Waals surface area contributed by atoms with Crippen molar-refractivity contribution < 1.29 is 26.9 Å². The maximum Gasteiger partial charge on any atom is 0.418 e. The third kappa shape index (κ3) is 3.28. The molecule has 0 aliphatic carbocycles. The van der Waals surface area contributed by atoms with Gasteiger partial charge in [-0.1, -0.05) is 16.8 Å². The largest absolute Gasteiger partial charge is 0.461 e. The van der Waals surface area contributed by atoms with Crippen LogP contribution >= 0.6 is 11.6 Å². The number of alkyl halides is 3. The Morgan fingerprint density at radius 3 is 2.62 bits per heavy atom. The molecule has 0 aliphatic rings. The smallest absolute Gasteiger partial charge is 0.418 e. The third-order valence-electron chi connectivity index (χ3n) is 3.04. The monoisotopic (exact) mass is 356 g/mol. The van der Waals surface area contributed by atoms with Crippen LogP contribution in [0.1, 0.15) is 16.1 Å². The molecule has 0 bridgehead atoms. The second-order valence-corrected chi connectivity index (χ2v) is 5.13. The summed E-state index contributed by atoms with van der Waals surface area (Å²) in [5.74, 6) is -0.342. The van der Waals surface area contributed by atoms with E-state index in [2.05, 4.69) is 10.5 Å². The van der Waals surface area contributed by atoms with Crippen molar-refractivity contribution in [3.05, 3.63) is 58.9 Å². The van der Waals surface area contributed by atoms with E-state index in [1.165, 1.54) is 18.4 Å². The number of hydrogen-bond acceptors (Lipinski definition) is 4. The summed E-state index contributed by atoms with van der Waals surface area (Å²) in [5, 5.41) is 5.58. The van der Waals surface area contributed by atoms with Gasteiger partial charge in [0, 0.05) is 11.1 Å². The summed E-state index contributed by atoms with van der Waals surface area (Å²) in [7, 11) is 0. The van der Waals surface area contributed by atoms with Gasteiger partial charge in [0.1, 0.15) is 0 Å². The lowest BCUT2D eigenvalue weighted by molar-refractivity contribution is -0.136. The number of rotatable bonds is 3. The molecule has 0 spiro atoms. The maximum absolute atomic E-state index is 13.0. The van der Waals surface area contributed by atoms with Crippen LogP contribution in [0.5, 0.6) is 0 Å². The first kappa shape index (κ1) is 16.1. The summed E-state index contributed by atoms with van der Waals surface area (Å²) in [6.45, 7) is 0. The number of hydrogen-bond donors (Lipinski definition) is 1. The fourth-order valence-corrected chi connectivity index (χ4v) is 2.14. The Kier molecular flexibility index (Phi) is 4.06. The quantitative estimate of drug-likeness (QED) is 0.727. The van der Waals surface area contributed by atoms with E-state index < -0.39 is 23.3 Å². The van der Waals surface area contributed by atoms with Crippen LogP contribution in [-0.2, 0) is 6.18 Å². The summed E-state index contributed by atoms with van der Waals surface area (Å²) in [4.78, 5) is 12.1. The number of carbonyl (C=O) groups is 1. The van der Waals surface area contributed by atoms with Gasteiger partial charge >= 0.3 is 6.18 Å². The molecular weight excluding hydrogens is 349 g/mol. The van der Waals surface area contributed by atoms with Gasteiger partial charge in [-0.3, -0.25) is 4.79 Å².